The Labute approximate surface area is 179 Å². The predicted octanol–water partition coefficient (Wildman–Crippen LogP) is 4.47. The number of carbonyl (C=O) groups excluding carboxylic acids is 2. The highest BCUT2D eigenvalue weighted by Gasteiger charge is 2.30. The fourth-order valence-corrected chi connectivity index (χ4v) is 3.49. The molecule has 0 N–H and O–H groups in total. The van der Waals surface area contributed by atoms with E-state index in [1.54, 1.807) is 12.5 Å². The number of hydrogen-bond acceptors (Lipinski definition) is 5. The molecule has 0 saturated heterocycles. The molecule has 0 amide bonds. The molecule has 0 spiro atoms. The van der Waals surface area contributed by atoms with Gasteiger partial charge in [0.1, 0.15) is 6.61 Å². The van der Waals surface area contributed by atoms with Crippen molar-refractivity contribution in [2.24, 2.45) is 18.9 Å². The number of imidazole rings is 1. The quantitative estimate of drug-likeness (QED) is 0.357. The summed E-state index contributed by atoms with van der Waals surface area (Å²) in [4.78, 5) is 29.2. The maximum absolute atomic E-state index is 12.9. The van der Waals surface area contributed by atoms with E-state index in [0.717, 1.165) is 30.5 Å². The standard InChI is InChI=1S/C24H34N2O4/c1-4-6-8-13-23(27)29-17-20(14-21-15-25-18-26(21)3)22(5-2)24(28)30-16-19-11-9-7-10-12-19/h7,9-12,15,18,20,22H,4-6,8,13-14,16-17H2,1-3H3. The minimum absolute atomic E-state index is 0.163. The van der Waals surface area contributed by atoms with Gasteiger partial charge in [-0.05, 0) is 24.8 Å². The van der Waals surface area contributed by atoms with Crippen molar-refractivity contribution < 1.29 is 19.1 Å². The number of esters is 2. The average Bonchev–Trinajstić information content (AvgIpc) is 3.16. The Balaban J connectivity index is 2.02. The minimum atomic E-state index is -0.355. The van der Waals surface area contributed by atoms with E-state index in [0.29, 0.717) is 19.3 Å². The lowest BCUT2D eigenvalue weighted by Crippen LogP contribution is -2.31. The third kappa shape index (κ3) is 7.65. The summed E-state index contributed by atoms with van der Waals surface area (Å²) in [5.41, 5.74) is 1.95. The van der Waals surface area contributed by atoms with E-state index in [1.165, 1.54) is 0 Å². The average molecular weight is 415 g/mol. The number of aryl methyl sites for hydroxylation is 1. The lowest BCUT2D eigenvalue weighted by Gasteiger charge is -2.25. The Hall–Kier alpha value is -2.63. The molecular weight excluding hydrogens is 380 g/mol. The van der Waals surface area contributed by atoms with Crippen LogP contribution in [0.25, 0.3) is 0 Å². The van der Waals surface area contributed by atoms with E-state index < -0.39 is 0 Å². The second kappa shape index (κ2) is 12.8. The first-order chi connectivity index (χ1) is 14.5. The van der Waals surface area contributed by atoms with Gasteiger partial charge in [0.15, 0.2) is 0 Å². The summed E-state index contributed by atoms with van der Waals surface area (Å²) < 4.78 is 13.1. The van der Waals surface area contributed by atoms with Crippen molar-refractivity contribution in [3.05, 3.63) is 54.1 Å². The van der Waals surface area contributed by atoms with E-state index in [1.807, 2.05) is 48.9 Å². The van der Waals surface area contributed by atoms with E-state index in [4.69, 9.17) is 9.47 Å². The topological polar surface area (TPSA) is 70.4 Å². The van der Waals surface area contributed by atoms with Gasteiger partial charge in [0.25, 0.3) is 0 Å². The van der Waals surface area contributed by atoms with Crippen LogP contribution in [0.5, 0.6) is 0 Å². The summed E-state index contributed by atoms with van der Waals surface area (Å²) in [7, 11) is 1.92. The van der Waals surface area contributed by atoms with Crippen LogP contribution in [0.15, 0.2) is 42.9 Å². The van der Waals surface area contributed by atoms with Gasteiger partial charge in [-0.3, -0.25) is 9.59 Å². The maximum Gasteiger partial charge on any atom is 0.309 e. The Kier molecular flexibility index (Phi) is 10.1. The van der Waals surface area contributed by atoms with Crippen molar-refractivity contribution in [3.63, 3.8) is 0 Å². The lowest BCUT2D eigenvalue weighted by molar-refractivity contribution is -0.156. The van der Waals surface area contributed by atoms with Gasteiger partial charge in [-0.15, -0.1) is 0 Å². The molecule has 0 aliphatic carbocycles. The Morgan fingerprint density at radius 2 is 1.87 bits per heavy atom. The second-order valence-electron chi connectivity index (χ2n) is 7.71. The number of benzene rings is 1. The first-order valence-electron chi connectivity index (χ1n) is 10.9. The van der Waals surface area contributed by atoms with Gasteiger partial charge in [-0.2, -0.15) is 0 Å². The molecule has 0 radical (unpaired) electrons. The van der Waals surface area contributed by atoms with Gasteiger partial charge in [-0.1, -0.05) is 57.0 Å². The summed E-state index contributed by atoms with van der Waals surface area (Å²) >= 11 is 0. The molecule has 1 aromatic carbocycles. The van der Waals surface area contributed by atoms with Gasteiger partial charge in [-0.25, -0.2) is 4.98 Å². The van der Waals surface area contributed by atoms with Gasteiger partial charge in [0.05, 0.1) is 18.9 Å². The van der Waals surface area contributed by atoms with E-state index in [9.17, 15) is 9.59 Å². The first-order valence-corrected chi connectivity index (χ1v) is 10.9. The van der Waals surface area contributed by atoms with Crippen molar-refractivity contribution >= 4 is 11.9 Å². The maximum atomic E-state index is 12.9. The number of rotatable bonds is 13. The number of nitrogens with zero attached hydrogens (tertiary/aromatic N) is 2. The van der Waals surface area contributed by atoms with E-state index >= 15 is 0 Å². The summed E-state index contributed by atoms with van der Waals surface area (Å²) in [5, 5.41) is 0. The van der Waals surface area contributed by atoms with Crippen LogP contribution in [0.4, 0.5) is 0 Å². The number of carbonyl (C=O) groups is 2. The van der Waals surface area contributed by atoms with Crippen LogP contribution in [0.2, 0.25) is 0 Å². The summed E-state index contributed by atoms with van der Waals surface area (Å²) in [5.74, 6) is -0.975. The fraction of sp³-hybridized carbons (Fsp3) is 0.542. The molecule has 2 atom stereocenters. The Morgan fingerprint density at radius 1 is 1.10 bits per heavy atom. The molecule has 1 heterocycles. The van der Waals surface area contributed by atoms with Gasteiger partial charge >= 0.3 is 11.9 Å². The molecule has 6 nitrogen and oxygen atoms in total. The Bertz CT molecular complexity index is 773. The van der Waals surface area contributed by atoms with Gasteiger partial charge in [0.2, 0.25) is 0 Å². The summed E-state index contributed by atoms with van der Waals surface area (Å²) in [6.07, 6.45) is 8.05. The van der Waals surface area contributed by atoms with Crippen LogP contribution in [0.1, 0.15) is 57.2 Å². The molecule has 164 valence electrons. The SMILES string of the molecule is CCCCCC(=O)OCC(Cc1cncn1C)C(CC)C(=O)OCc1ccccc1. The van der Waals surface area contributed by atoms with Crippen LogP contribution < -0.4 is 0 Å². The monoisotopic (exact) mass is 414 g/mol. The van der Waals surface area contributed by atoms with Gasteiger partial charge < -0.3 is 14.0 Å². The normalized spacial score (nSPS) is 12.9. The van der Waals surface area contributed by atoms with Crippen LogP contribution in [0, 0.1) is 11.8 Å². The van der Waals surface area contributed by atoms with Gasteiger partial charge in [0, 0.05) is 31.3 Å². The second-order valence-corrected chi connectivity index (χ2v) is 7.71. The molecular formula is C24H34N2O4. The van der Waals surface area contributed by atoms with Crippen LogP contribution in [0.3, 0.4) is 0 Å². The minimum Gasteiger partial charge on any atom is -0.465 e. The molecule has 0 aliphatic rings. The number of unbranched alkanes of at least 4 members (excludes halogenated alkanes) is 2. The van der Waals surface area contributed by atoms with Crippen LogP contribution in [-0.4, -0.2) is 28.1 Å². The highest BCUT2D eigenvalue weighted by Crippen LogP contribution is 2.24. The van der Waals surface area contributed by atoms with Crippen molar-refractivity contribution in [2.45, 2.75) is 59.0 Å². The summed E-state index contributed by atoms with van der Waals surface area (Å²) in [6.45, 7) is 4.51. The molecule has 0 fully saturated rings. The zero-order valence-corrected chi connectivity index (χ0v) is 18.4. The molecule has 0 saturated carbocycles. The van der Waals surface area contributed by atoms with Crippen LogP contribution in [-0.2, 0) is 39.1 Å². The molecule has 2 aromatic rings. The number of hydrogen-bond donors (Lipinski definition) is 0. The molecule has 1 aromatic heterocycles. The van der Waals surface area contributed by atoms with Crippen molar-refractivity contribution in [1.29, 1.82) is 0 Å². The highest BCUT2D eigenvalue weighted by atomic mass is 16.5. The molecule has 2 unspecified atom stereocenters. The molecule has 0 aliphatic heterocycles. The third-order valence-electron chi connectivity index (χ3n) is 5.37. The van der Waals surface area contributed by atoms with Crippen molar-refractivity contribution in [1.82, 2.24) is 9.55 Å². The summed E-state index contributed by atoms with van der Waals surface area (Å²) in [6, 6.07) is 9.63. The van der Waals surface area contributed by atoms with Crippen molar-refractivity contribution in [2.75, 3.05) is 6.61 Å². The highest BCUT2D eigenvalue weighted by molar-refractivity contribution is 5.73. The van der Waals surface area contributed by atoms with Crippen LogP contribution >= 0.6 is 0 Å². The molecule has 0 bridgehead atoms. The van der Waals surface area contributed by atoms with Crippen molar-refractivity contribution in [3.8, 4) is 0 Å². The zero-order valence-electron chi connectivity index (χ0n) is 18.4. The predicted molar refractivity (Wildman–Crippen MR) is 116 cm³/mol. The van der Waals surface area contributed by atoms with E-state index in [-0.39, 0.29) is 37.0 Å². The zero-order chi connectivity index (χ0) is 21.8. The number of aromatic nitrogens is 2. The Morgan fingerprint density at radius 3 is 2.50 bits per heavy atom. The largest absolute Gasteiger partial charge is 0.465 e. The van der Waals surface area contributed by atoms with E-state index in [2.05, 4.69) is 11.9 Å². The number of ether oxygens (including phenoxy) is 2. The molecule has 30 heavy (non-hydrogen) atoms. The molecule has 6 heteroatoms. The lowest BCUT2D eigenvalue weighted by atomic mass is 9.87. The third-order valence-corrected chi connectivity index (χ3v) is 5.37. The fourth-order valence-electron chi connectivity index (χ4n) is 3.49. The molecule has 2 rings (SSSR count). The first kappa shape index (κ1) is 23.6. The smallest absolute Gasteiger partial charge is 0.309 e.